The van der Waals surface area contributed by atoms with Gasteiger partial charge in [0.2, 0.25) is 5.91 Å². The largest absolute Gasteiger partial charge is 0.369 e. The molecule has 2 aromatic rings. The molecule has 0 radical (unpaired) electrons. The van der Waals surface area contributed by atoms with Crippen LogP contribution in [-0.2, 0) is 11.8 Å². The summed E-state index contributed by atoms with van der Waals surface area (Å²) in [5.41, 5.74) is 4.52. The predicted octanol–water partition coefficient (Wildman–Crippen LogP) is 1.96. The maximum absolute atomic E-state index is 13.2. The van der Waals surface area contributed by atoms with E-state index in [4.69, 9.17) is 0 Å². The predicted molar refractivity (Wildman–Crippen MR) is 119 cm³/mol. The van der Waals surface area contributed by atoms with E-state index in [1.54, 1.807) is 19.3 Å². The van der Waals surface area contributed by atoms with Gasteiger partial charge in [0.1, 0.15) is 0 Å². The number of hydrogen-bond acceptors (Lipinski definition) is 5. The smallest absolute Gasteiger partial charge is 0.268 e. The highest BCUT2D eigenvalue weighted by Gasteiger charge is 2.31. The third kappa shape index (κ3) is 4.20. The highest BCUT2D eigenvalue weighted by molar-refractivity contribution is 5.80. The Kier molecular flexibility index (Phi) is 5.79. The number of rotatable bonds is 3. The van der Waals surface area contributed by atoms with Crippen molar-refractivity contribution in [1.29, 1.82) is 0 Å². The number of piperazine rings is 1. The van der Waals surface area contributed by atoms with Crippen LogP contribution >= 0.6 is 0 Å². The van der Waals surface area contributed by atoms with Gasteiger partial charge < -0.3 is 14.7 Å². The summed E-state index contributed by atoms with van der Waals surface area (Å²) in [7, 11) is 1.65. The molecule has 1 atom stereocenters. The first kappa shape index (κ1) is 20.4. The normalized spacial score (nSPS) is 19.8. The van der Waals surface area contributed by atoms with Crippen LogP contribution in [0.3, 0.4) is 0 Å². The van der Waals surface area contributed by atoms with Gasteiger partial charge in [-0.15, -0.1) is 0 Å². The van der Waals surface area contributed by atoms with Gasteiger partial charge in [-0.1, -0.05) is 12.1 Å². The zero-order valence-corrected chi connectivity index (χ0v) is 18.2. The van der Waals surface area contributed by atoms with Gasteiger partial charge in [0.05, 0.1) is 17.8 Å². The second-order valence-electron chi connectivity index (χ2n) is 8.56. The maximum Gasteiger partial charge on any atom is 0.268 e. The maximum atomic E-state index is 13.2. The lowest BCUT2D eigenvalue weighted by Gasteiger charge is -2.40. The third-order valence-corrected chi connectivity index (χ3v) is 6.39. The number of aryl methyl sites for hydroxylation is 3. The fourth-order valence-electron chi connectivity index (χ4n) is 4.53. The van der Waals surface area contributed by atoms with Crippen molar-refractivity contribution in [2.75, 3.05) is 49.1 Å². The first-order valence-electron chi connectivity index (χ1n) is 10.8. The second kappa shape index (κ2) is 8.50. The van der Waals surface area contributed by atoms with Crippen molar-refractivity contribution in [2.24, 2.45) is 13.0 Å². The number of anilines is 2. The lowest BCUT2D eigenvalue weighted by Crippen LogP contribution is -2.52. The number of hydrogen-bond donors (Lipinski definition) is 0. The summed E-state index contributed by atoms with van der Waals surface area (Å²) < 4.78 is 1.32. The van der Waals surface area contributed by atoms with E-state index in [0.29, 0.717) is 6.54 Å². The standard InChI is InChI=1S/C23H31N5O2/c1-17-6-7-18(2)21(13-17)26-9-11-27(12-10-26)23(30)19-5-4-8-28(16-19)20-14-22(29)25(3)24-15-20/h6-7,13-15,19H,4-5,8-12,16H2,1-3H3/t19-/m1/s1. The van der Waals surface area contributed by atoms with Gasteiger partial charge in [-0.05, 0) is 43.9 Å². The van der Waals surface area contributed by atoms with Crippen LogP contribution in [0.2, 0.25) is 0 Å². The molecule has 1 amide bonds. The number of piperidine rings is 1. The fraction of sp³-hybridized carbons (Fsp3) is 0.522. The first-order valence-corrected chi connectivity index (χ1v) is 10.8. The van der Waals surface area contributed by atoms with Gasteiger partial charge in [-0.3, -0.25) is 9.59 Å². The molecular weight excluding hydrogens is 378 g/mol. The van der Waals surface area contributed by atoms with Crippen molar-refractivity contribution in [3.8, 4) is 0 Å². The highest BCUT2D eigenvalue weighted by Crippen LogP contribution is 2.26. The molecule has 0 saturated carbocycles. The first-order chi connectivity index (χ1) is 14.4. The van der Waals surface area contributed by atoms with E-state index in [-0.39, 0.29) is 17.4 Å². The Morgan fingerprint density at radius 2 is 1.80 bits per heavy atom. The van der Waals surface area contributed by atoms with Gasteiger partial charge in [0, 0.05) is 58.1 Å². The van der Waals surface area contributed by atoms with Gasteiger partial charge in [0.15, 0.2) is 0 Å². The van der Waals surface area contributed by atoms with Crippen molar-refractivity contribution < 1.29 is 4.79 Å². The van der Waals surface area contributed by atoms with Crippen LogP contribution in [0.5, 0.6) is 0 Å². The molecule has 30 heavy (non-hydrogen) atoms. The van der Waals surface area contributed by atoms with Crippen LogP contribution in [0.25, 0.3) is 0 Å². The molecule has 0 unspecified atom stereocenters. The Balaban J connectivity index is 1.38. The SMILES string of the molecule is Cc1ccc(C)c(N2CCN(C(=O)[C@@H]3CCCN(c4cnn(C)c(=O)c4)C3)CC2)c1. The molecule has 1 aromatic carbocycles. The Labute approximate surface area is 177 Å². The van der Waals surface area contributed by atoms with E-state index in [0.717, 1.165) is 51.3 Å². The zero-order valence-electron chi connectivity index (χ0n) is 18.2. The monoisotopic (exact) mass is 409 g/mol. The van der Waals surface area contributed by atoms with Crippen LogP contribution in [0.4, 0.5) is 11.4 Å². The Morgan fingerprint density at radius 3 is 2.53 bits per heavy atom. The molecule has 3 heterocycles. The number of carbonyl (C=O) groups is 1. The minimum absolute atomic E-state index is 0.0185. The van der Waals surface area contributed by atoms with E-state index < -0.39 is 0 Å². The molecule has 2 aliphatic rings. The molecule has 2 fully saturated rings. The summed E-state index contributed by atoms with van der Waals surface area (Å²) in [6.45, 7) is 9.04. The molecule has 2 aliphatic heterocycles. The molecule has 7 nitrogen and oxygen atoms in total. The molecule has 4 rings (SSSR count). The van der Waals surface area contributed by atoms with Crippen LogP contribution in [-0.4, -0.2) is 59.9 Å². The molecule has 160 valence electrons. The van der Waals surface area contributed by atoms with Gasteiger partial charge in [-0.2, -0.15) is 5.10 Å². The average Bonchev–Trinajstić information content (AvgIpc) is 2.77. The topological polar surface area (TPSA) is 61.7 Å². The van der Waals surface area contributed by atoms with E-state index in [1.807, 2.05) is 4.90 Å². The van der Waals surface area contributed by atoms with Crippen molar-refractivity contribution >= 4 is 17.3 Å². The Hall–Kier alpha value is -2.83. The zero-order chi connectivity index (χ0) is 21.3. The minimum Gasteiger partial charge on any atom is -0.369 e. The van der Waals surface area contributed by atoms with Crippen molar-refractivity contribution in [2.45, 2.75) is 26.7 Å². The van der Waals surface area contributed by atoms with Gasteiger partial charge in [-0.25, -0.2) is 4.68 Å². The molecule has 0 bridgehead atoms. The number of carbonyl (C=O) groups excluding carboxylic acids is 1. The summed E-state index contributed by atoms with van der Waals surface area (Å²) >= 11 is 0. The molecule has 0 spiro atoms. The molecule has 7 heteroatoms. The van der Waals surface area contributed by atoms with E-state index in [9.17, 15) is 9.59 Å². The van der Waals surface area contributed by atoms with Crippen molar-refractivity contribution in [3.63, 3.8) is 0 Å². The minimum atomic E-state index is -0.122. The molecule has 2 saturated heterocycles. The van der Waals surface area contributed by atoms with Crippen LogP contribution < -0.4 is 15.4 Å². The van der Waals surface area contributed by atoms with Crippen LogP contribution in [0.1, 0.15) is 24.0 Å². The Morgan fingerprint density at radius 1 is 1.03 bits per heavy atom. The Bertz CT molecular complexity index is 978. The summed E-state index contributed by atoms with van der Waals surface area (Å²) in [5, 5.41) is 4.13. The van der Waals surface area contributed by atoms with E-state index in [1.165, 1.54) is 21.5 Å². The lowest BCUT2D eigenvalue weighted by atomic mass is 9.95. The summed E-state index contributed by atoms with van der Waals surface area (Å²) in [6.07, 6.45) is 3.58. The number of nitrogens with zero attached hydrogens (tertiary/aromatic N) is 5. The highest BCUT2D eigenvalue weighted by atomic mass is 16.2. The average molecular weight is 410 g/mol. The van der Waals surface area contributed by atoms with E-state index in [2.05, 4.69) is 46.9 Å². The number of aromatic nitrogens is 2. The van der Waals surface area contributed by atoms with Crippen LogP contribution in [0.15, 0.2) is 35.3 Å². The van der Waals surface area contributed by atoms with Gasteiger partial charge >= 0.3 is 0 Å². The lowest BCUT2D eigenvalue weighted by molar-refractivity contribution is -0.136. The molecule has 1 aromatic heterocycles. The third-order valence-electron chi connectivity index (χ3n) is 6.39. The van der Waals surface area contributed by atoms with Crippen molar-refractivity contribution in [1.82, 2.24) is 14.7 Å². The van der Waals surface area contributed by atoms with E-state index >= 15 is 0 Å². The molecule has 0 N–H and O–H groups in total. The summed E-state index contributed by atoms with van der Waals surface area (Å²) in [5.74, 6) is 0.229. The van der Waals surface area contributed by atoms with Gasteiger partial charge in [0.25, 0.3) is 5.56 Å². The number of amides is 1. The van der Waals surface area contributed by atoms with Crippen LogP contribution in [0, 0.1) is 19.8 Å². The number of benzene rings is 1. The second-order valence-corrected chi connectivity index (χ2v) is 8.56. The summed E-state index contributed by atoms with van der Waals surface area (Å²) in [4.78, 5) is 31.7. The molecular formula is C23H31N5O2. The van der Waals surface area contributed by atoms with Crippen molar-refractivity contribution in [3.05, 3.63) is 51.9 Å². The fourth-order valence-corrected chi connectivity index (χ4v) is 4.53. The quantitative estimate of drug-likeness (QED) is 0.776. The summed E-state index contributed by atoms with van der Waals surface area (Å²) in [6, 6.07) is 8.17. The molecule has 0 aliphatic carbocycles.